The van der Waals surface area contributed by atoms with Crippen molar-refractivity contribution in [3.63, 3.8) is 0 Å². The average molecular weight is 361 g/mol. The summed E-state index contributed by atoms with van der Waals surface area (Å²) in [5.41, 5.74) is 0.952. The first-order valence-electron chi connectivity index (χ1n) is 8.52. The fourth-order valence-corrected chi connectivity index (χ4v) is 3.72. The number of nitrogens with zero attached hydrogens (tertiary/aromatic N) is 5. The van der Waals surface area contributed by atoms with E-state index in [9.17, 15) is 4.79 Å². The quantitative estimate of drug-likeness (QED) is 0.703. The van der Waals surface area contributed by atoms with Crippen LogP contribution in [0, 0.1) is 0 Å². The first-order valence-corrected chi connectivity index (χ1v) is 9.51. The van der Waals surface area contributed by atoms with E-state index in [1.54, 1.807) is 19.5 Å². The minimum Gasteiger partial charge on any atom is -0.383 e. The van der Waals surface area contributed by atoms with Crippen LogP contribution in [-0.2, 0) is 16.1 Å². The summed E-state index contributed by atoms with van der Waals surface area (Å²) in [4.78, 5) is 18.4. The molecule has 134 valence electrons. The summed E-state index contributed by atoms with van der Waals surface area (Å²) in [5, 5.41) is 9.35. The highest BCUT2D eigenvalue weighted by Gasteiger charge is 2.19. The number of rotatable bonds is 7. The van der Waals surface area contributed by atoms with Gasteiger partial charge in [0, 0.05) is 38.2 Å². The van der Waals surface area contributed by atoms with Crippen LogP contribution in [0.15, 0.2) is 29.7 Å². The summed E-state index contributed by atoms with van der Waals surface area (Å²) in [5.74, 6) is 1.34. The van der Waals surface area contributed by atoms with Crippen LogP contribution in [0.3, 0.4) is 0 Å². The smallest absolute Gasteiger partial charge is 0.233 e. The standard InChI is InChI=1S/C17H23N5O2S/c1-24-12-11-22-16(14-5-7-18-8-6-14)19-20-17(22)25-13-15(23)21-9-3-2-4-10-21/h5-8H,2-4,9-13H2,1H3. The number of carbonyl (C=O) groups excluding carboxylic acids is 1. The lowest BCUT2D eigenvalue weighted by Gasteiger charge is -2.26. The average Bonchev–Trinajstić information content (AvgIpc) is 3.08. The van der Waals surface area contributed by atoms with E-state index in [0.29, 0.717) is 18.9 Å². The zero-order valence-electron chi connectivity index (χ0n) is 14.4. The first kappa shape index (κ1) is 17.9. The molecule has 2 aromatic heterocycles. The number of carbonyl (C=O) groups is 1. The molecular formula is C17H23N5O2S. The SMILES string of the molecule is COCCn1c(SCC(=O)N2CCCCC2)nnc1-c1ccncc1. The predicted octanol–water partition coefficient (Wildman–Crippen LogP) is 2.09. The topological polar surface area (TPSA) is 73.1 Å². The first-order chi connectivity index (χ1) is 12.3. The Bertz CT molecular complexity index is 686. The van der Waals surface area contributed by atoms with Gasteiger partial charge in [-0.15, -0.1) is 10.2 Å². The lowest BCUT2D eigenvalue weighted by Crippen LogP contribution is -2.36. The zero-order valence-corrected chi connectivity index (χ0v) is 15.2. The second-order valence-electron chi connectivity index (χ2n) is 5.92. The van der Waals surface area contributed by atoms with E-state index < -0.39 is 0 Å². The van der Waals surface area contributed by atoms with Gasteiger partial charge in [-0.1, -0.05) is 11.8 Å². The van der Waals surface area contributed by atoms with E-state index in [-0.39, 0.29) is 5.91 Å². The van der Waals surface area contributed by atoms with Crippen molar-refractivity contribution in [1.82, 2.24) is 24.6 Å². The van der Waals surface area contributed by atoms with Crippen molar-refractivity contribution >= 4 is 17.7 Å². The number of pyridine rings is 1. The molecule has 1 saturated heterocycles. The number of thioether (sulfide) groups is 1. The maximum Gasteiger partial charge on any atom is 0.233 e. The molecule has 1 aliphatic heterocycles. The number of likely N-dealkylation sites (tertiary alicyclic amines) is 1. The fraction of sp³-hybridized carbons (Fsp3) is 0.529. The molecule has 8 heteroatoms. The number of ether oxygens (including phenoxy) is 1. The monoisotopic (exact) mass is 361 g/mol. The minimum atomic E-state index is 0.177. The van der Waals surface area contributed by atoms with Crippen LogP contribution in [0.25, 0.3) is 11.4 Å². The third-order valence-electron chi connectivity index (χ3n) is 4.21. The van der Waals surface area contributed by atoms with Crippen molar-refractivity contribution in [2.45, 2.75) is 31.0 Å². The Labute approximate surface area is 151 Å². The molecule has 0 aliphatic carbocycles. The van der Waals surface area contributed by atoms with Crippen molar-refractivity contribution in [2.75, 3.05) is 32.6 Å². The highest BCUT2D eigenvalue weighted by atomic mass is 32.2. The molecule has 3 heterocycles. The normalized spacial score (nSPS) is 14.7. The minimum absolute atomic E-state index is 0.177. The van der Waals surface area contributed by atoms with Gasteiger partial charge in [0.2, 0.25) is 5.91 Å². The molecule has 3 rings (SSSR count). The second kappa shape index (κ2) is 8.96. The summed E-state index contributed by atoms with van der Waals surface area (Å²) in [6, 6.07) is 3.81. The van der Waals surface area contributed by atoms with Gasteiger partial charge in [0.1, 0.15) is 0 Å². The van der Waals surface area contributed by atoms with Crippen LogP contribution in [0.4, 0.5) is 0 Å². The number of hydrogen-bond donors (Lipinski definition) is 0. The lowest BCUT2D eigenvalue weighted by atomic mass is 10.1. The van der Waals surface area contributed by atoms with E-state index >= 15 is 0 Å². The van der Waals surface area contributed by atoms with Crippen LogP contribution in [-0.4, -0.2) is 63.1 Å². The molecule has 0 aromatic carbocycles. The van der Waals surface area contributed by atoms with Crippen molar-refractivity contribution in [3.8, 4) is 11.4 Å². The van der Waals surface area contributed by atoms with Crippen LogP contribution in [0.1, 0.15) is 19.3 Å². The molecule has 0 atom stereocenters. The van der Waals surface area contributed by atoms with Gasteiger partial charge in [-0.3, -0.25) is 14.3 Å². The van der Waals surface area contributed by atoms with E-state index in [0.717, 1.165) is 42.5 Å². The van der Waals surface area contributed by atoms with Crippen LogP contribution < -0.4 is 0 Å². The van der Waals surface area contributed by atoms with Gasteiger partial charge in [0.25, 0.3) is 0 Å². The molecular weight excluding hydrogens is 338 g/mol. The van der Waals surface area contributed by atoms with Gasteiger partial charge in [-0.25, -0.2) is 0 Å². The molecule has 1 fully saturated rings. The summed E-state index contributed by atoms with van der Waals surface area (Å²) in [6.45, 7) is 2.95. The highest BCUT2D eigenvalue weighted by molar-refractivity contribution is 7.99. The molecule has 0 N–H and O–H groups in total. The number of amides is 1. The summed E-state index contributed by atoms with van der Waals surface area (Å²) in [6.07, 6.45) is 6.89. The van der Waals surface area contributed by atoms with Crippen molar-refractivity contribution in [2.24, 2.45) is 0 Å². The molecule has 0 saturated carbocycles. The number of methoxy groups -OCH3 is 1. The molecule has 0 bridgehead atoms. The lowest BCUT2D eigenvalue weighted by molar-refractivity contribution is -0.129. The summed E-state index contributed by atoms with van der Waals surface area (Å²) < 4.78 is 7.22. The van der Waals surface area contributed by atoms with E-state index in [4.69, 9.17) is 4.74 Å². The molecule has 1 amide bonds. The third kappa shape index (κ3) is 4.58. The fourth-order valence-electron chi connectivity index (χ4n) is 2.86. The number of hydrogen-bond acceptors (Lipinski definition) is 6. The second-order valence-corrected chi connectivity index (χ2v) is 6.86. The Hall–Kier alpha value is -1.93. The van der Waals surface area contributed by atoms with Gasteiger partial charge < -0.3 is 9.64 Å². The van der Waals surface area contributed by atoms with Crippen LogP contribution in [0.5, 0.6) is 0 Å². The third-order valence-corrected chi connectivity index (χ3v) is 5.16. The maximum atomic E-state index is 12.4. The highest BCUT2D eigenvalue weighted by Crippen LogP contribution is 2.24. The summed E-state index contributed by atoms with van der Waals surface area (Å²) in [7, 11) is 1.67. The molecule has 0 spiro atoms. The van der Waals surface area contributed by atoms with Gasteiger partial charge in [-0.2, -0.15) is 0 Å². The van der Waals surface area contributed by atoms with Crippen molar-refractivity contribution < 1.29 is 9.53 Å². The van der Waals surface area contributed by atoms with E-state index in [2.05, 4.69) is 15.2 Å². The summed E-state index contributed by atoms with van der Waals surface area (Å²) >= 11 is 1.44. The molecule has 25 heavy (non-hydrogen) atoms. The molecule has 0 radical (unpaired) electrons. The van der Waals surface area contributed by atoms with E-state index in [1.165, 1.54) is 18.2 Å². The predicted molar refractivity (Wildman–Crippen MR) is 96.3 cm³/mol. The maximum absolute atomic E-state index is 12.4. The largest absolute Gasteiger partial charge is 0.383 e. The van der Waals surface area contributed by atoms with Crippen LogP contribution in [0.2, 0.25) is 0 Å². The van der Waals surface area contributed by atoms with Gasteiger partial charge >= 0.3 is 0 Å². The van der Waals surface area contributed by atoms with E-state index in [1.807, 2.05) is 21.6 Å². The Morgan fingerprint density at radius 3 is 2.68 bits per heavy atom. The Morgan fingerprint density at radius 2 is 1.96 bits per heavy atom. The molecule has 7 nitrogen and oxygen atoms in total. The number of piperidine rings is 1. The zero-order chi connectivity index (χ0) is 17.5. The van der Waals surface area contributed by atoms with Gasteiger partial charge in [0.15, 0.2) is 11.0 Å². The molecule has 2 aromatic rings. The van der Waals surface area contributed by atoms with Crippen molar-refractivity contribution in [3.05, 3.63) is 24.5 Å². The number of aromatic nitrogens is 4. The Balaban J connectivity index is 1.71. The Morgan fingerprint density at radius 1 is 1.20 bits per heavy atom. The molecule has 0 unspecified atom stereocenters. The van der Waals surface area contributed by atoms with Crippen LogP contribution >= 0.6 is 11.8 Å². The van der Waals surface area contributed by atoms with Gasteiger partial charge in [-0.05, 0) is 31.4 Å². The Kier molecular flexibility index (Phi) is 6.41. The van der Waals surface area contributed by atoms with Crippen molar-refractivity contribution in [1.29, 1.82) is 0 Å². The van der Waals surface area contributed by atoms with Gasteiger partial charge in [0.05, 0.1) is 18.9 Å². The molecule has 1 aliphatic rings.